The number of hydrogen-bond acceptors (Lipinski definition) is 2. The van der Waals surface area contributed by atoms with Gasteiger partial charge in [-0.25, -0.2) is 0 Å². The van der Waals surface area contributed by atoms with Crippen molar-refractivity contribution in [1.29, 1.82) is 0 Å². The summed E-state index contributed by atoms with van der Waals surface area (Å²) in [5, 5.41) is 9.22. The molecule has 0 fully saturated rings. The summed E-state index contributed by atoms with van der Waals surface area (Å²) in [7, 11) is 0. The molecular formula is C6H6ClNO. The van der Waals surface area contributed by atoms with E-state index in [1.54, 1.807) is 6.92 Å². The topological polar surface area (TPSA) is 33.1 Å². The van der Waals surface area contributed by atoms with Gasteiger partial charge in [-0.15, -0.1) is 0 Å². The van der Waals surface area contributed by atoms with Crippen molar-refractivity contribution < 1.29 is 5.11 Å². The van der Waals surface area contributed by atoms with Crippen LogP contribution in [0.1, 0.15) is 5.69 Å². The summed E-state index contributed by atoms with van der Waals surface area (Å²) in [5.41, 5.74) is 0.761. The van der Waals surface area contributed by atoms with E-state index in [0.717, 1.165) is 5.69 Å². The average molecular weight is 144 g/mol. The quantitative estimate of drug-likeness (QED) is 0.600. The van der Waals surface area contributed by atoms with Crippen molar-refractivity contribution in [3.63, 3.8) is 0 Å². The molecule has 0 atom stereocenters. The molecule has 0 saturated carbocycles. The van der Waals surface area contributed by atoms with Crippen LogP contribution in [-0.4, -0.2) is 10.1 Å². The fourth-order valence-electron chi connectivity index (χ4n) is 0.529. The standard InChI is InChI=1S/C6H6ClNO/c1-4-2-6(9)5(7)3-8-4/h2-3H,1H3,(H,8,9). The number of halogens is 1. The van der Waals surface area contributed by atoms with E-state index in [9.17, 15) is 0 Å². The largest absolute Gasteiger partial charge is 0.506 e. The van der Waals surface area contributed by atoms with Gasteiger partial charge in [0, 0.05) is 18.0 Å². The lowest BCUT2D eigenvalue weighted by atomic mass is 10.4. The lowest BCUT2D eigenvalue weighted by molar-refractivity contribution is 0.474. The van der Waals surface area contributed by atoms with Gasteiger partial charge in [-0.05, 0) is 6.92 Å². The van der Waals surface area contributed by atoms with E-state index < -0.39 is 0 Å². The van der Waals surface area contributed by atoms with Crippen molar-refractivity contribution in [1.82, 2.24) is 4.98 Å². The highest BCUT2D eigenvalue weighted by molar-refractivity contribution is 6.31. The number of pyridine rings is 1. The van der Waals surface area contributed by atoms with Crippen LogP contribution in [0.15, 0.2) is 12.3 Å². The third-order valence-electron chi connectivity index (χ3n) is 0.972. The Morgan fingerprint density at radius 1 is 1.67 bits per heavy atom. The third kappa shape index (κ3) is 1.33. The van der Waals surface area contributed by atoms with E-state index in [1.807, 2.05) is 0 Å². The minimum absolute atomic E-state index is 0.0872. The van der Waals surface area contributed by atoms with Crippen LogP contribution in [0.3, 0.4) is 0 Å². The van der Waals surface area contributed by atoms with Crippen LogP contribution >= 0.6 is 11.6 Å². The van der Waals surface area contributed by atoms with E-state index in [4.69, 9.17) is 16.7 Å². The second-order valence-electron chi connectivity index (χ2n) is 1.78. The highest BCUT2D eigenvalue weighted by atomic mass is 35.5. The molecule has 0 aliphatic heterocycles. The predicted octanol–water partition coefficient (Wildman–Crippen LogP) is 1.75. The van der Waals surface area contributed by atoms with Crippen LogP contribution in [0.2, 0.25) is 5.02 Å². The van der Waals surface area contributed by atoms with Crippen LogP contribution < -0.4 is 0 Å². The molecule has 2 nitrogen and oxygen atoms in total. The molecule has 48 valence electrons. The Hall–Kier alpha value is -0.760. The summed E-state index contributed by atoms with van der Waals surface area (Å²) in [6.07, 6.45) is 1.42. The Bertz CT molecular complexity index is 224. The molecular weight excluding hydrogens is 138 g/mol. The Morgan fingerprint density at radius 3 is 2.78 bits per heavy atom. The molecule has 1 aromatic rings. The first-order valence-electron chi connectivity index (χ1n) is 2.51. The molecule has 0 amide bonds. The highest BCUT2D eigenvalue weighted by Gasteiger charge is 1.95. The maximum atomic E-state index is 8.93. The zero-order valence-corrected chi connectivity index (χ0v) is 5.68. The highest BCUT2D eigenvalue weighted by Crippen LogP contribution is 2.20. The van der Waals surface area contributed by atoms with Gasteiger partial charge in [-0.1, -0.05) is 11.6 Å². The molecule has 1 N–H and O–H groups in total. The van der Waals surface area contributed by atoms with Gasteiger partial charge in [0.2, 0.25) is 0 Å². The van der Waals surface area contributed by atoms with Crippen LogP contribution in [0.4, 0.5) is 0 Å². The smallest absolute Gasteiger partial charge is 0.137 e. The SMILES string of the molecule is Cc1cc(O)c(Cl)cn1. The van der Waals surface area contributed by atoms with E-state index in [0.29, 0.717) is 5.02 Å². The lowest BCUT2D eigenvalue weighted by Crippen LogP contribution is -1.78. The lowest BCUT2D eigenvalue weighted by Gasteiger charge is -1.94. The first-order valence-corrected chi connectivity index (χ1v) is 2.89. The number of aryl methyl sites for hydroxylation is 1. The number of hydrogen-bond donors (Lipinski definition) is 1. The van der Waals surface area contributed by atoms with Crippen LogP contribution in [0.5, 0.6) is 5.75 Å². The molecule has 0 spiro atoms. The Kier molecular flexibility index (Phi) is 1.58. The molecule has 0 aliphatic carbocycles. The summed E-state index contributed by atoms with van der Waals surface area (Å²) < 4.78 is 0. The van der Waals surface area contributed by atoms with Gasteiger partial charge in [-0.3, -0.25) is 4.98 Å². The summed E-state index contributed by atoms with van der Waals surface area (Å²) in [4.78, 5) is 3.85. The average Bonchev–Trinajstić information content (AvgIpc) is 1.80. The third-order valence-corrected chi connectivity index (χ3v) is 1.26. The van der Waals surface area contributed by atoms with Crippen molar-refractivity contribution in [2.45, 2.75) is 6.92 Å². The second-order valence-corrected chi connectivity index (χ2v) is 2.18. The molecule has 0 saturated heterocycles. The van der Waals surface area contributed by atoms with Gasteiger partial charge in [-0.2, -0.15) is 0 Å². The summed E-state index contributed by atoms with van der Waals surface area (Å²) in [6.45, 7) is 1.79. The molecule has 0 radical (unpaired) electrons. The predicted molar refractivity (Wildman–Crippen MR) is 35.6 cm³/mol. The van der Waals surface area contributed by atoms with Crippen molar-refractivity contribution in [2.75, 3.05) is 0 Å². The zero-order chi connectivity index (χ0) is 6.85. The maximum Gasteiger partial charge on any atom is 0.137 e. The number of aromatic nitrogens is 1. The van der Waals surface area contributed by atoms with Gasteiger partial charge in [0.25, 0.3) is 0 Å². The van der Waals surface area contributed by atoms with Crippen molar-refractivity contribution >= 4 is 11.6 Å². The van der Waals surface area contributed by atoms with E-state index >= 15 is 0 Å². The summed E-state index contributed by atoms with van der Waals surface area (Å²) in [6, 6.07) is 1.52. The minimum Gasteiger partial charge on any atom is -0.506 e. The van der Waals surface area contributed by atoms with Crippen molar-refractivity contribution in [3.8, 4) is 5.75 Å². The number of aromatic hydroxyl groups is 1. The van der Waals surface area contributed by atoms with Crippen LogP contribution in [0.25, 0.3) is 0 Å². The molecule has 1 aromatic heterocycles. The number of nitrogens with zero attached hydrogens (tertiary/aromatic N) is 1. The first kappa shape index (κ1) is 6.36. The fourth-order valence-corrected chi connectivity index (χ4v) is 0.632. The van der Waals surface area contributed by atoms with Crippen LogP contribution in [0, 0.1) is 6.92 Å². The van der Waals surface area contributed by atoms with Gasteiger partial charge >= 0.3 is 0 Å². The monoisotopic (exact) mass is 143 g/mol. The zero-order valence-electron chi connectivity index (χ0n) is 4.93. The Morgan fingerprint density at radius 2 is 2.33 bits per heavy atom. The fraction of sp³-hybridized carbons (Fsp3) is 0.167. The van der Waals surface area contributed by atoms with Gasteiger partial charge < -0.3 is 5.11 Å². The molecule has 0 aliphatic rings. The normalized spacial score (nSPS) is 9.56. The van der Waals surface area contributed by atoms with Crippen molar-refractivity contribution in [3.05, 3.63) is 23.0 Å². The molecule has 0 unspecified atom stereocenters. The minimum atomic E-state index is 0.0872. The molecule has 0 bridgehead atoms. The summed E-state index contributed by atoms with van der Waals surface area (Å²) >= 11 is 5.47. The van der Waals surface area contributed by atoms with Gasteiger partial charge in [0.1, 0.15) is 10.8 Å². The Balaban J connectivity index is 3.17. The number of rotatable bonds is 0. The van der Waals surface area contributed by atoms with Crippen molar-refractivity contribution in [2.24, 2.45) is 0 Å². The molecule has 1 heterocycles. The Labute approximate surface area is 58.1 Å². The molecule has 1 rings (SSSR count). The van der Waals surface area contributed by atoms with E-state index in [2.05, 4.69) is 4.98 Å². The molecule has 3 heteroatoms. The molecule has 9 heavy (non-hydrogen) atoms. The van der Waals surface area contributed by atoms with Crippen LogP contribution in [-0.2, 0) is 0 Å². The maximum absolute atomic E-state index is 8.93. The van der Waals surface area contributed by atoms with Gasteiger partial charge in [0.05, 0.1) is 0 Å². The summed E-state index contributed by atoms with van der Waals surface area (Å²) in [5.74, 6) is 0.0872. The molecule has 0 aromatic carbocycles. The van der Waals surface area contributed by atoms with E-state index in [1.165, 1.54) is 12.3 Å². The van der Waals surface area contributed by atoms with Gasteiger partial charge in [0.15, 0.2) is 0 Å². The second kappa shape index (κ2) is 2.23. The van der Waals surface area contributed by atoms with E-state index in [-0.39, 0.29) is 5.75 Å². The first-order chi connectivity index (χ1) is 4.20.